The molecule has 0 atom stereocenters. The number of carbonyl (C=O) groups excluding carboxylic acids is 1. The lowest BCUT2D eigenvalue weighted by Gasteiger charge is -2.12. The highest BCUT2D eigenvalue weighted by molar-refractivity contribution is 14.1. The number of halogens is 3. The molecule has 31 heavy (non-hydrogen) atoms. The van der Waals surface area contributed by atoms with Crippen LogP contribution in [-0.2, 0) is 11.4 Å². The zero-order valence-electron chi connectivity index (χ0n) is 16.5. The Hall–Kier alpha value is -1.90. The Morgan fingerprint density at radius 2 is 1.87 bits per heavy atom. The maximum atomic E-state index is 12.6. The Morgan fingerprint density at radius 1 is 1.16 bits per heavy atom. The summed E-state index contributed by atoms with van der Waals surface area (Å²) >= 11 is 8.01. The highest BCUT2D eigenvalue weighted by Crippen LogP contribution is 2.33. The molecule has 3 rings (SSSR count). The van der Waals surface area contributed by atoms with Gasteiger partial charge in [0, 0.05) is 9.26 Å². The normalized spacial score (nSPS) is 11.0. The van der Waals surface area contributed by atoms with E-state index >= 15 is 0 Å². The molecule has 0 aliphatic rings. The van der Waals surface area contributed by atoms with Gasteiger partial charge in [-0.05, 0) is 121 Å². The molecule has 0 heterocycles. The number of aryl methyl sites for hydroxylation is 1. The highest BCUT2D eigenvalue weighted by Gasteiger charge is 2.13. The number of nitrogens with zero attached hydrogens (tertiary/aromatic N) is 1. The van der Waals surface area contributed by atoms with E-state index < -0.39 is 5.91 Å². The largest absolute Gasteiger partial charge is 0.487 e. The quantitative estimate of drug-likeness (QED) is 0.170. The lowest BCUT2D eigenvalue weighted by Crippen LogP contribution is -2.14. The van der Waals surface area contributed by atoms with Crippen LogP contribution >= 0.6 is 61.1 Å². The average molecular weight is 699 g/mol. The minimum absolute atomic E-state index is 0.0264. The highest BCUT2D eigenvalue weighted by atomic mass is 127. The van der Waals surface area contributed by atoms with E-state index in [1.165, 1.54) is 3.57 Å². The third-order valence-electron chi connectivity index (χ3n) is 4.39. The summed E-state index contributed by atoms with van der Waals surface area (Å²) in [6.07, 6.45) is 1.57. The molecule has 0 bridgehead atoms. The zero-order chi connectivity index (χ0) is 22.4. The van der Waals surface area contributed by atoms with Crippen molar-refractivity contribution in [3.05, 3.63) is 94.5 Å². The van der Waals surface area contributed by atoms with E-state index in [9.17, 15) is 10.1 Å². The van der Waals surface area contributed by atoms with Crippen molar-refractivity contribution in [2.45, 2.75) is 13.5 Å². The van der Waals surface area contributed by atoms with E-state index in [2.05, 4.69) is 66.4 Å². The molecule has 0 spiro atoms. The first kappa shape index (κ1) is 23.8. The summed E-state index contributed by atoms with van der Waals surface area (Å²) in [4.78, 5) is 12.6. The van der Waals surface area contributed by atoms with Gasteiger partial charge >= 0.3 is 0 Å². The molecule has 156 valence electrons. The molecule has 0 saturated carbocycles. The summed E-state index contributed by atoms with van der Waals surface area (Å²) in [5.74, 6) is 0.279. The maximum absolute atomic E-state index is 12.6. The smallest absolute Gasteiger partial charge is 0.266 e. The second kappa shape index (κ2) is 11.1. The number of ether oxygens (including phenoxy) is 1. The molecule has 0 saturated heterocycles. The summed E-state index contributed by atoms with van der Waals surface area (Å²) in [6, 6.07) is 21.3. The van der Waals surface area contributed by atoms with Gasteiger partial charge in [0.25, 0.3) is 5.91 Å². The van der Waals surface area contributed by atoms with Crippen LogP contribution in [0.3, 0.4) is 0 Å². The summed E-state index contributed by atoms with van der Waals surface area (Å²) in [6.45, 7) is 2.35. The molecule has 0 unspecified atom stereocenters. The molecular weight excluding hydrogens is 682 g/mol. The Balaban J connectivity index is 1.78. The van der Waals surface area contributed by atoms with Crippen LogP contribution in [0.5, 0.6) is 5.75 Å². The van der Waals surface area contributed by atoms with Crippen molar-refractivity contribution in [2.24, 2.45) is 0 Å². The van der Waals surface area contributed by atoms with Gasteiger partial charge in [-0.15, -0.1) is 0 Å². The van der Waals surface area contributed by atoms with E-state index in [0.717, 1.165) is 30.5 Å². The third kappa shape index (κ3) is 6.54. The van der Waals surface area contributed by atoms with Crippen molar-refractivity contribution in [3.63, 3.8) is 0 Å². The van der Waals surface area contributed by atoms with Crippen LogP contribution in [0.1, 0.15) is 16.7 Å². The van der Waals surface area contributed by atoms with Crippen molar-refractivity contribution >= 4 is 78.8 Å². The van der Waals surface area contributed by atoms with E-state index in [-0.39, 0.29) is 5.57 Å². The molecule has 0 aliphatic heterocycles. The monoisotopic (exact) mass is 698 g/mol. The number of para-hydroxylation sites is 1. The van der Waals surface area contributed by atoms with Crippen LogP contribution in [-0.4, -0.2) is 5.91 Å². The van der Waals surface area contributed by atoms with E-state index in [1.807, 2.05) is 73.7 Å². The SMILES string of the molecule is Cc1ccccc1NC(=O)/C(C#N)=C\c1cc(Br)c(OCc2ccc(I)cc2)c(I)c1. The summed E-state index contributed by atoms with van der Waals surface area (Å²) < 4.78 is 8.80. The molecule has 7 heteroatoms. The third-order valence-corrected chi connectivity index (χ3v) is 6.50. The lowest BCUT2D eigenvalue weighted by atomic mass is 10.1. The average Bonchev–Trinajstić information content (AvgIpc) is 2.74. The minimum Gasteiger partial charge on any atom is -0.487 e. The molecule has 1 N–H and O–H groups in total. The molecule has 3 aromatic carbocycles. The summed E-state index contributed by atoms with van der Waals surface area (Å²) in [7, 11) is 0. The number of nitriles is 1. The number of hydrogen-bond donors (Lipinski definition) is 1. The van der Waals surface area contributed by atoms with Crippen LogP contribution in [0.4, 0.5) is 5.69 Å². The number of nitrogens with one attached hydrogen (secondary N) is 1. The van der Waals surface area contributed by atoms with Gasteiger partial charge in [-0.3, -0.25) is 4.79 Å². The fourth-order valence-electron chi connectivity index (χ4n) is 2.75. The van der Waals surface area contributed by atoms with Gasteiger partial charge in [0.15, 0.2) is 0 Å². The van der Waals surface area contributed by atoms with Gasteiger partial charge in [0.2, 0.25) is 0 Å². The molecule has 0 aliphatic carbocycles. The standard InChI is InChI=1S/C24H17BrI2N2O2/c1-15-4-2-3-5-22(15)29-24(30)18(13-28)10-17-11-20(25)23(21(27)12-17)31-14-16-6-8-19(26)9-7-16/h2-12H,14H2,1H3,(H,29,30)/b18-10-. The van der Waals surface area contributed by atoms with Gasteiger partial charge in [-0.1, -0.05) is 30.3 Å². The van der Waals surface area contributed by atoms with Gasteiger partial charge < -0.3 is 10.1 Å². The number of anilines is 1. The van der Waals surface area contributed by atoms with Crippen molar-refractivity contribution < 1.29 is 9.53 Å². The Bertz CT molecular complexity index is 1160. The van der Waals surface area contributed by atoms with Crippen molar-refractivity contribution in [1.29, 1.82) is 5.26 Å². The number of benzene rings is 3. The number of rotatable bonds is 6. The zero-order valence-corrected chi connectivity index (χ0v) is 22.4. The van der Waals surface area contributed by atoms with Gasteiger partial charge in [-0.25, -0.2) is 0 Å². The van der Waals surface area contributed by atoms with Crippen LogP contribution in [0.2, 0.25) is 0 Å². The number of carbonyl (C=O) groups is 1. The molecule has 0 aromatic heterocycles. The summed E-state index contributed by atoms with van der Waals surface area (Å²) in [5.41, 5.74) is 3.45. The number of hydrogen-bond acceptors (Lipinski definition) is 3. The van der Waals surface area contributed by atoms with Crippen LogP contribution in [0.25, 0.3) is 6.08 Å². The molecular formula is C24H17BrI2N2O2. The Labute approximate surface area is 217 Å². The first-order valence-corrected chi connectivity index (χ1v) is 12.2. The van der Waals surface area contributed by atoms with Crippen molar-refractivity contribution in [3.8, 4) is 11.8 Å². The summed E-state index contributed by atoms with van der Waals surface area (Å²) in [5, 5.41) is 12.3. The van der Waals surface area contributed by atoms with Crippen LogP contribution < -0.4 is 10.1 Å². The molecule has 0 fully saturated rings. The van der Waals surface area contributed by atoms with Gasteiger partial charge in [0.05, 0.1) is 8.04 Å². The lowest BCUT2D eigenvalue weighted by molar-refractivity contribution is -0.112. The van der Waals surface area contributed by atoms with E-state index in [0.29, 0.717) is 12.3 Å². The first-order valence-electron chi connectivity index (χ1n) is 9.22. The molecule has 4 nitrogen and oxygen atoms in total. The topological polar surface area (TPSA) is 62.1 Å². The van der Waals surface area contributed by atoms with E-state index in [4.69, 9.17) is 4.74 Å². The van der Waals surface area contributed by atoms with Crippen molar-refractivity contribution in [2.75, 3.05) is 5.32 Å². The Morgan fingerprint density at radius 3 is 2.52 bits per heavy atom. The Kier molecular flexibility index (Phi) is 8.51. The first-order chi connectivity index (χ1) is 14.9. The van der Waals surface area contributed by atoms with Crippen molar-refractivity contribution in [1.82, 2.24) is 0 Å². The second-order valence-corrected chi connectivity index (χ2v) is 9.93. The van der Waals surface area contributed by atoms with E-state index in [1.54, 1.807) is 6.08 Å². The fraction of sp³-hybridized carbons (Fsp3) is 0.0833. The molecule has 3 aromatic rings. The fourth-order valence-corrected chi connectivity index (χ4v) is 4.88. The van der Waals surface area contributed by atoms with Crippen LogP contribution in [0.15, 0.2) is 70.7 Å². The minimum atomic E-state index is -0.443. The van der Waals surface area contributed by atoms with Crippen LogP contribution in [0, 0.1) is 25.4 Å². The second-order valence-electron chi connectivity index (χ2n) is 6.67. The molecule has 1 amide bonds. The van der Waals surface area contributed by atoms with Gasteiger partial charge in [-0.2, -0.15) is 5.26 Å². The predicted molar refractivity (Wildman–Crippen MR) is 144 cm³/mol. The van der Waals surface area contributed by atoms with Gasteiger partial charge in [0.1, 0.15) is 24.0 Å². The number of amides is 1. The predicted octanol–water partition coefficient (Wildman–Crippen LogP) is 7.09. The molecule has 0 radical (unpaired) electrons. The maximum Gasteiger partial charge on any atom is 0.266 e.